The Morgan fingerprint density at radius 1 is 0.857 bits per heavy atom. The SMILES string of the molecule is COc1cc(/C=N\NC(=O)C(=O)Nc2ccc(Cl)c(Cl)c2)ccc1OC(=O)/C=C/c1ccccc1. The average molecular weight is 512 g/mol. The first-order valence-electron chi connectivity index (χ1n) is 10.1. The number of nitrogens with zero attached hydrogens (tertiary/aromatic N) is 1. The van der Waals surface area contributed by atoms with E-state index in [9.17, 15) is 14.4 Å². The smallest absolute Gasteiger partial charge is 0.336 e. The largest absolute Gasteiger partial charge is 0.493 e. The minimum Gasteiger partial charge on any atom is -0.493 e. The molecule has 0 saturated heterocycles. The fraction of sp³-hybridized carbons (Fsp3) is 0.0400. The Hall–Kier alpha value is -4.14. The molecular weight excluding hydrogens is 493 g/mol. The normalized spacial score (nSPS) is 10.8. The van der Waals surface area contributed by atoms with Crippen LogP contribution in [-0.4, -0.2) is 31.1 Å². The maximum absolute atomic E-state index is 12.1. The zero-order valence-electron chi connectivity index (χ0n) is 18.3. The maximum Gasteiger partial charge on any atom is 0.336 e. The summed E-state index contributed by atoms with van der Waals surface area (Å²) in [6.45, 7) is 0. The van der Waals surface area contributed by atoms with Crippen LogP contribution in [0.2, 0.25) is 10.0 Å². The van der Waals surface area contributed by atoms with Crippen molar-refractivity contribution in [3.63, 3.8) is 0 Å². The molecule has 0 spiro atoms. The molecule has 0 bridgehead atoms. The van der Waals surface area contributed by atoms with Crippen molar-refractivity contribution in [3.05, 3.63) is 94.0 Å². The lowest BCUT2D eigenvalue weighted by molar-refractivity contribution is -0.136. The summed E-state index contributed by atoms with van der Waals surface area (Å²) in [7, 11) is 1.42. The van der Waals surface area contributed by atoms with Crippen molar-refractivity contribution in [2.24, 2.45) is 5.10 Å². The van der Waals surface area contributed by atoms with Crippen LogP contribution in [0, 0.1) is 0 Å². The Labute approximate surface area is 211 Å². The van der Waals surface area contributed by atoms with Crippen molar-refractivity contribution in [1.82, 2.24) is 5.43 Å². The first kappa shape index (κ1) is 25.5. The summed E-state index contributed by atoms with van der Waals surface area (Å²) in [6, 6.07) is 18.4. The molecule has 3 aromatic rings. The summed E-state index contributed by atoms with van der Waals surface area (Å²) in [6.07, 6.45) is 4.24. The Morgan fingerprint density at radius 2 is 1.63 bits per heavy atom. The number of hydrazone groups is 1. The number of hydrogen-bond donors (Lipinski definition) is 2. The van der Waals surface area contributed by atoms with Crippen LogP contribution in [0.5, 0.6) is 11.5 Å². The minimum absolute atomic E-state index is 0.206. The van der Waals surface area contributed by atoms with Crippen molar-refractivity contribution in [2.45, 2.75) is 0 Å². The van der Waals surface area contributed by atoms with E-state index in [0.717, 1.165) is 5.56 Å². The molecule has 35 heavy (non-hydrogen) atoms. The van der Waals surface area contributed by atoms with E-state index in [1.165, 1.54) is 43.7 Å². The lowest BCUT2D eigenvalue weighted by atomic mass is 10.2. The predicted molar refractivity (Wildman–Crippen MR) is 135 cm³/mol. The number of benzene rings is 3. The van der Waals surface area contributed by atoms with Gasteiger partial charge in [-0.1, -0.05) is 53.5 Å². The van der Waals surface area contributed by atoms with Gasteiger partial charge in [-0.05, 0) is 53.6 Å². The number of carbonyl (C=O) groups excluding carboxylic acids is 3. The number of anilines is 1. The average Bonchev–Trinajstić information content (AvgIpc) is 2.86. The highest BCUT2D eigenvalue weighted by atomic mass is 35.5. The number of rotatable bonds is 7. The van der Waals surface area contributed by atoms with Crippen molar-refractivity contribution >= 4 is 59.0 Å². The Bertz CT molecular complexity index is 1290. The van der Waals surface area contributed by atoms with E-state index >= 15 is 0 Å². The molecule has 0 heterocycles. The van der Waals surface area contributed by atoms with Gasteiger partial charge in [-0.15, -0.1) is 0 Å². The summed E-state index contributed by atoms with van der Waals surface area (Å²) in [4.78, 5) is 36.1. The summed E-state index contributed by atoms with van der Waals surface area (Å²) in [5.41, 5.74) is 3.80. The Balaban J connectivity index is 1.57. The van der Waals surface area contributed by atoms with Gasteiger partial charge >= 0.3 is 17.8 Å². The van der Waals surface area contributed by atoms with Crippen molar-refractivity contribution in [3.8, 4) is 11.5 Å². The van der Waals surface area contributed by atoms with Crippen LogP contribution in [0.4, 0.5) is 5.69 Å². The third-order valence-electron chi connectivity index (χ3n) is 4.37. The third-order valence-corrected chi connectivity index (χ3v) is 5.11. The fourth-order valence-electron chi connectivity index (χ4n) is 2.70. The van der Waals surface area contributed by atoms with Gasteiger partial charge < -0.3 is 14.8 Å². The lowest BCUT2D eigenvalue weighted by Crippen LogP contribution is -2.32. The minimum atomic E-state index is -0.991. The maximum atomic E-state index is 12.1. The van der Waals surface area contributed by atoms with Crippen molar-refractivity contribution < 1.29 is 23.9 Å². The van der Waals surface area contributed by atoms with Crippen LogP contribution >= 0.6 is 23.2 Å². The van der Waals surface area contributed by atoms with E-state index in [0.29, 0.717) is 16.3 Å². The molecule has 8 nitrogen and oxygen atoms in total. The van der Waals surface area contributed by atoms with Crippen LogP contribution in [0.3, 0.4) is 0 Å². The molecule has 2 N–H and O–H groups in total. The molecule has 3 rings (SSSR count). The summed E-state index contributed by atoms with van der Waals surface area (Å²) in [5, 5.41) is 6.69. The molecule has 0 aliphatic heterocycles. The summed E-state index contributed by atoms with van der Waals surface area (Å²) >= 11 is 11.7. The van der Waals surface area contributed by atoms with Crippen LogP contribution in [0.1, 0.15) is 11.1 Å². The molecule has 0 unspecified atom stereocenters. The lowest BCUT2D eigenvalue weighted by Gasteiger charge is -2.08. The van der Waals surface area contributed by atoms with E-state index in [4.69, 9.17) is 32.7 Å². The van der Waals surface area contributed by atoms with E-state index < -0.39 is 17.8 Å². The van der Waals surface area contributed by atoms with Crippen LogP contribution in [0.15, 0.2) is 77.9 Å². The number of hydrogen-bond acceptors (Lipinski definition) is 6. The fourth-order valence-corrected chi connectivity index (χ4v) is 3.00. The predicted octanol–water partition coefficient (Wildman–Crippen LogP) is 4.71. The van der Waals surface area contributed by atoms with Gasteiger partial charge in [-0.3, -0.25) is 9.59 Å². The molecule has 0 aromatic heterocycles. The van der Waals surface area contributed by atoms with Gasteiger partial charge in [-0.25, -0.2) is 10.2 Å². The monoisotopic (exact) mass is 511 g/mol. The highest BCUT2D eigenvalue weighted by Gasteiger charge is 2.14. The van der Waals surface area contributed by atoms with E-state index in [-0.39, 0.29) is 16.5 Å². The summed E-state index contributed by atoms with van der Waals surface area (Å²) < 4.78 is 10.6. The molecular formula is C25H19Cl2N3O5. The molecule has 3 aromatic carbocycles. The number of methoxy groups -OCH3 is 1. The van der Waals surface area contributed by atoms with Gasteiger partial charge in [-0.2, -0.15) is 5.10 Å². The zero-order valence-corrected chi connectivity index (χ0v) is 19.8. The first-order chi connectivity index (χ1) is 16.9. The van der Waals surface area contributed by atoms with Gasteiger partial charge in [0.1, 0.15) is 0 Å². The number of ether oxygens (including phenoxy) is 2. The standard InChI is InChI=1S/C25H19Cl2N3O5/c1-34-22-13-17(7-11-21(22)35-23(31)12-8-16-5-3-2-4-6-16)15-28-30-25(33)24(32)29-18-9-10-19(26)20(27)14-18/h2-15H,1H3,(H,29,32)(H,30,33)/b12-8+,28-15-. The highest BCUT2D eigenvalue weighted by Crippen LogP contribution is 2.28. The van der Waals surface area contributed by atoms with E-state index in [1.54, 1.807) is 18.2 Å². The van der Waals surface area contributed by atoms with Crippen LogP contribution in [-0.2, 0) is 14.4 Å². The molecule has 0 aliphatic carbocycles. The number of halogens is 2. The molecule has 178 valence electrons. The molecule has 10 heteroatoms. The van der Waals surface area contributed by atoms with Crippen molar-refractivity contribution in [1.29, 1.82) is 0 Å². The molecule has 0 atom stereocenters. The quantitative estimate of drug-likeness (QED) is 0.119. The molecule has 0 fully saturated rings. The second-order valence-electron chi connectivity index (χ2n) is 6.86. The van der Waals surface area contributed by atoms with Crippen molar-refractivity contribution in [2.75, 3.05) is 12.4 Å². The van der Waals surface area contributed by atoms with E-state index in [2.05, 4.69) is 15.8 Å². The van der Waals surface area contributed by atoms with Gasteiger partial charge in [0.25, 0.3) is 0 Å². The van der Waals surface area contributed by atoms with Gasteiger partial charge in [0, 0.05) is 11.8 Å². The topological polar surface area (TPSA) is 106 Å². The third kappa shape index (κ3) is 7.70. The highest BCUT2D eigenvalue weighted by molar-refractivity contribution is 6.43. The Kier molecular flexibility index (Phi) is 9.00. The molecule has 0 saturated carbocycles. The molecule has 0 aliphatic rings. The second-order valence-corrected chi connectivity index (χ2v) is 7.67. The molecule has 2 amide bonds. The number of carbonyl (C=O) groups is 3. The van der Waals surface area contributed by atoms with Gasteiger partial charge in [0.15, 0.2) is 11.5 Å². The number of esters is 1. The number of amides is 2. The second kappa shape index (κ2) is 12.4. The zero-order chi connectivity index (χ0) is 25.2. The van der Waals surface area contributed by atoms with Gasteiger partial charge in [0.2, 0.25) is 0 Å². The van der Waals surface area contributed by atoms with E-state index in [1.807, 2.05) is 30.3 Å². The molecule has 0 radical (unpaired) electrons. The number of nitrogens with one attached hydrogen (secondary N) is 2. The summed E-state index contributed by atoms with van der Waals surface area (Å²) in [5.74, 6) is -2.02. The first-order valence-corrected chi connectivity index (χ1v) is 10.8. The van der Waals surface area contributed by atoms with Gasteiger partial charge in [0.05, 0.1) is 23.4 Å². The van der Waals surface area contributed by atoms with Crippen LogP contribution in [0.25, 0.3) is 6.08 Å². The Morgan fingerprint density at radius 3 is 2.34 bits per heavy atom. The van der Waals surface area contributed by atoms with Crippen LogP contribution < -0.4 is 20.2 Å².